The number of carbonyl (C=O) groups is 1. The number of hydrogen-bond acceptors (Lipinski definition) is 3. The van der Waals surface area contributed by atoms with Crippen LogP contribution in [-0.2, 0) is 9.36 Å². The SMILES string of the molecule is CC=CC(=O)NP(N)(=O)SC(C)CC. The number of amides is 1. The van der Waals surface area contributed by atoms with Crippen molar-refractivity contribution in [1.82, 2.24) is 5.09 Å². The molecule has 2 atom stereocenters. The Hall–Kier alpha value is -0.250. The molecule has 4 nitrogen and oxygen atoms in total. The predicted octanol–water partition coefficient (Wildman–Crippen LogP) is 2.28. The van der Waals surface area contributed by atoms with Crippen LogP contribution >= 0.6 is 18.0 Å². The van der Waals surface area contributed by atoms with Gasteiger partial charge >= 0.3 is 0 Å². The van der Waals surface area contributed by atoms with Gasteiger partial charge in [0.05, 0.1) is 0 Å². The first-order valence-electron chi connectivity index (χ1n) is 4.43. The first-order chi connectivity index (χ1) is 6.41. The zero-order chi connectivity index (χ0) is 11.2. The van der Waals surface area contributed by atoms with Crippen molar-refractivity contribution in [2.24, 2.45) is 5.50 Å². The molecule has 0 saturated carbocycles. The van der Waals surface area contributed by atoms with Crippen molar-refractivity contribution in [3.8, 4) is 0 Å². The Balaban J connectivity index is 4.20. The second kappa shape index (κ2) is 6.27. The molecule has 0 aromatic carbocycles. The third-order valence-electron chi connectivity index (χ3n) is 1.50. The molecule has 0 heterocycles. The molecular weight excluding hydrogens is 219 g/mol. The van der Waals surface area contributed by atoms with E-state index in [2.05, 4.69) is 5.09 Å². The highest BCUT2D eigenvalue weighted by atomic mass is 32.7. The zero-order valence-electron chi connectivity index (χ0n) is 8.69. The normalized spacial score (nSPS) is 17.7. The maximum absolute atomic E-state index is 11.6. The minimum absolute atomic E-state index is 0.178. The summed E-state index contributed by atoms with van der Waals surface area (Å²) >= 11 is 1.12. The zero-order valence-corrected chi connectivity index (χ0v) is 10.4. The van der Waals surface area contributed by atoms with E-state index >= 15 is 0 Å². The molecule has 0 bridgehead atoms. The molecule has 0 aliphatic rings. The van der Waals surface area contributed by atoms with E-state index < -0.39 is 12.6 Å². The second-order valence-electron chi connectivity index (χ2n) is 2.90. The van der Waals surface area contributed by atoms with Crippen molar-refractivity contribution < 1.29 is 9.36 Å². The number of nitrogens with one attached hydrogen (secondary N) is 1. The smallest absolute Gasteiger partial charge is 0.284 e. The van der Waals surface area contributed by atoms with Crippen LogP contribution < -0.4 is 10.6 Å². The maximum Gasteiger partial charge on any atom is 0.290 e. The number of hydrogen-bond donors (Lipinski definition) is 2. The molecule has 0 radical (unpaired) electrons. The second-order valence-corrected chi connectivity index (χ2v) is 7.59. The van der Waals surface area contributed by atoms with E-state index in [1.165, 1.54) is 6.08 Å². The van der Waals surface area contributed by atoms with Gasteiger partial charge in [-0.25, -0.2) is 0 Å². The first kappa shape index (κ1) is 13.8. The summed E-state index contributed by atoms with van der Waals surface area (Å²) in [4.78, 5) is 11.1. The average molecular weight is 236 g/mol. The van der Waals surface area contributed by atoms with Gasteiger partial charge in [0, 0.05) is 5.25 Å². The third kappa shape index (κ3) is 6.24. The van der Waals surface area contributed by atoms with Gasteiger partial charge in [0.2, 0.25) is 0 Å². The van der Waals surface area contributed by atoms with Gasteiger partial charge in [0.1, 0.15) is 0 Å². The lowest BCUT2D eigenvalue weighted by molar-refractivity contribution is -0.114. The molecule has 0 aliphatic carbocycles. The van der Waals surface area contributed by atoms with Crippen molar-refractivity contribution in [1.29, 1.82) is 0 Å². The first-order valence-corrected chi connectivity index (χ1v) is 7.69. The van der Waals surface area contributed by atoms with Gasteiger partial charge in [-0.05, 0) is 19.4 Å². The highest BCUT2D eigenvalue weighted by molar-refractivity contribution is 8.57. The summed E-state index contributed by atoms with van der Waals surface area (Å²) in [6, 6.07) is 0. The van der Waals surface area contributed by atoms with Crippen LogP contribution in [0.5, 0.6) is 0 Å². The lowest BCUT2D eigenvalue weighted by Crippen LogP contribution is -2.21. The fraction of sp³-hybridized carbons (Fsp3) is 0.625. The van der Waals surface area contributed by atoms with E-state index in [1.807, 2.05) is 13.8 Å². The van der Waals surface area contributed by atoms with Crippen LogP contribution in [0.3, 0.4) is 0 Å². The minimum atomic E-state index is -3.09. The Morgan fingerprint density at radius 1 is 1.71 bits per heavy atom. The van der Waals surface area contributed by atoms with Crippen molar-refractivity contribution in [3.05, 3.63) is 12.2 Å². The van der Waals surface area contributed by atoms with E-state index in [0.717, 1.165) is 17.8 Å². The predicted molar refractivity (Wildman–Crippen MR) is 62.1 cm³/mol. The molecule has 6 heteroatoms. The molecule has 0 spiro atoms. The highest BCUT2D eigenvalue weighted by Crippen LogP contribution is 2.50. The van der Waals surface area contributed by atoms with Crippen LogP contribution in [0.25, 0.3) is 0 Å². The van der Waals surface area contributed by atoms with Gasteiger partial charge in [-0.2, -0.15) is 0 Å². The monoisotopic (exact) mass is 236 g/mol. The lowest BCUT2D eigenvalue weighted by atomic mass is 10.4. The summed E-state index contributed by atoms with van der Waals surface area (Å²) < 4.78 is 11.6. The van der Waals surface area contributed by atoms with Crippen molar-refractivity contribution in [2.45, 2.75) is 32.4 Å². The maximum atomic E-state index is 11.6. The Kier molecular flexibility index (Phi) is 6.16. The van der Waals surface area contributed by atoms with E-state index in [4.69, 9.17) is 5.50 Å². The number of nitrogens with two attached hydrogens (primary N) is 1. The van der Waals surface area contributed by atoms with Crippen molar-refractivity contribution >= 4 is 23.9 Å². The Bertz CT molecular complexity index is 268. The van der Waals surface area contributed by atoms with Gasteiger partial charge in [-0.3, -0.25) is 20.0 Å². The third-order valence-corrected chi connectivity index (χ3v) is 5.33. The Morgan fingerprint density at radius 3 is 2.71 bits per heavy atom. The quantitative estimate of drug-likeness (QED) is 0.567. The van der Waals surface area contributed by atoms with Gasteiger partial charge < -0.3 is 0 Å². The Morgan fingerprint density at radius 2 is 2.29 bits per heavy atom. The van der Waals surface area contributed by atoms with Gasteiger partial charge in [-0.15, -0.1) is 0 Å². The molecule has 0 saturated heterocycles. The lowest BCUT2D eigenvalue weighted by Gasteiger charge is -2.15. The molecule has 0 fully saturated rings. The highest BCUT2D eigenvalue weighted by Gasteiger charge is 2.21. The average Bonchev–Trinajstić information content (AvgIpc) is 2.02. The molecule has 2 unspecified atom stereocenters. The topological polar surface area (TPSA) is 72.2 Å². The van der Waals surface area contributed by atoms with Crippen molar-refractivity contribution in [3.63, 3.8) is 0 Å². The summed E-state index contributed by atoms with van der Waals surface area (Å²) in [5.74, 6) is -0.408. The minimum Gasteiger partial charge on any atom is -0.284 e. The molecule has 0 rings (SSSR count). The fourth-order valence-electron chi connectivity index (χ4n) is 0.710. The summed E-state index contributed by atoms with van der Waals surface area (Å²) in [5.41, 5.74) is 5.48. The van der Waals surface area contributed by atoms with Crippen LogP contribution in [0.2, 0.25) is 0 Å². The molecule has 1 amide bonds. The molecule has 0 aromatic rings. The molecule has 0 aliphatic heterocycles. The number of allylic oxidation sites excluding steroid dienone is 1. The number of carbonyl (C=O) groups excluding carboxylic acids is 1. The van der Waals surface area contributed by atoms with Crippen molar-refractivity contribution in [2.75, 3.05) is 0 Å². The van der Waals surface area contributed by atoms with Gasteiger partial charge in [0.25, 0.3) is 12.6 Å². The van der Waals surface area contributed by atoms with E-state index in [-0.39, 0.29) is 5.25 Å². The molecule has 14 heavy (non-hydrogen) atoms. The van der Waals surface area contributed by atoms with Crippen LogP contribution in [0.1, 0.15) is 27.2 Å². The fourth-order valence-corrected chi connectivity index (χ4v) is 4.31. The van der Waals surface area contributed by atoms with E-state index in [9.17, 15) is 9.36 Å². The van der Waals surface area contributed by atoms with Gasteiger partial charge in [0.15, 0.2) is 0 Å². The molecule has 0 aromatic heterocycles. The van der Waals surface area contributed by atoms with Crippen LogP contribution in [0, 0.1) is 0 Å². The van der Waals surface area contributed by atoms with E-state index in [0.29, 0.717) is 0 Å². The summed E-state index contributed by atoms with van der Waals surface area (Å²) in [5, 5.41) is 2.47. The van der Waals surface area contributed by atoms with Crippen LogP contribution in [0.4, 0.5) is 0 Å². The summed E-state index contributed by atoms with van der Waals surface area (Å²) in [7, 11) is 0. The summed E-state index contributed by atoms with van der Waals surface area (Å²) in [6.45, 7) is 2.53. The van der Waals surface area contributed by atoms with Crippen LogP contribution in [-0.4, -0.2) is 11.2 Å². The van der Waals surface area contributed by atoms with E-state index in [1.54, 1.807) is 13.0 Å². The van der Waals surface area contributed by atoms with Gasteiger partial charge in [-0.1, -0.05) is 31.3 Å². The number of rotatable bonds is 5. The summed E-state index contributed by atoms with van der Waals surface area (Å²) in [6.07, 6.45) is 3.74. The Labute approximate surface area is 88.9 Å². The standard InChI is InChI=1S/C8H17N2O2PS/c1-4-6-8(11)10-13(9,12)14-7(3)5-2/h4,6-7H,5H2,1-3H3,(H3,9,10,11,12). The molecule has 82 valence electrons. The van der Waals surface area contributed by atoms with Crippen LogP contribution in [0.15, 0.2) is 12.2 Å². The molecular formula is C8H17N2O2PS. The molecule has 3 N–H and O–H groups in total. The largest absolute Gasteiger partial charge is 0.290 e.